The molecule has 3 saturated heterocycles. The number of rotatable bonds is 10. The first-order valence-corrected chi connectivity index (χ1v) is 20.1. The van der Waals surface area contributed by atoms with Crippen LogP contribution in [-0.4, -0.2) is 110 Å². The Balaban J connectivity index is 1.47. The van der Waals surface area contributed by atoms with Gasteiger partial charge in [-0.3, -0.25) is 14.4 Å². The maximum absolute atomic E-state index is 14.7. The molecule has 14 nitrogen and oxygen atoms in total. The van der Waals surface area contributed by atoms with Crippen molar-refractivity contribution in [3.05, 3.63) is 37.3 Å². The number of esters is 1. The van der Waals surface area contributed by atoms with Crippen LogP contribution in [0.2, 0.25) is 0 Å². The van der Waals surface area contributed by atoms with Gasteiger partial charge in [0.05, 0.1) is 35.7 Å². The second-order valence-corrected chi connectivity index (χ2v) is 17.0. The highest BCUT2D eigenvalue weighted by Gasteiger charge is 2.60. The lowest BCUT2D eigenvalue weighted by molar-refractivity contribution is -0.299. The molecule has 3 fully saturated rings. The van der Waals surface area contributed by atoms with Crippen LogP contribution in [0.15, 0.2) is 37.3 Å². The van der Waals surface area contributed by atoms with E-state index in [0.29, 0.717) is 31.5 Å². The summed E-state index contributed by atoms with van der Waals surface area (Å²) in [6, 6.07) is 2.95. The maximum Gasteiger partial charge on any atom is 0.410 e. The van der Waals surface area contributed by atoms with Crippen LogP contribution in [-0.2, 0) is 44.6 Å². The summed E-state index contributed by atoms with van der Waals surface area (Å²) < 4.78 is 33.0. The van der Waals surface area contributed by atoms with Crippen molar-refractivity contribution in [3.8, 4) is 0 Å². The van der Waals surface area contributed by atoms with Gasteiger partial charge in [0.25, 0.3) is 0 Å². The van der Waals surface area contributed by atoms with E-state index in [0.717, 1.165) is 5.52 Å². The summed E-state index contributed by atoms with van der Waals surface area (Å²) >= 11 is 0. The zero-order chi connectivity index (χ0) is 41.3. The lowest BCUT2D eigenvalue weighted by Crippen LogP contribution is -2.59. The number of ether oxygens (including phenoxy) is 5. The normalized spacial score (nSPS) is 37.6. The fourth-order valence-electron chi connectivity index (χ4n) is 9.31. The summed E-state index contributed by atoms with van der Waals surface area (Å²) in [6.45, 7) is 20.9. The third-order valence-corrected chi connectivity index (χ3v) is 12.6. The second kappa shape index (κ2) is 17.4. The van der Waals surface area contributed by atoms with Gasteiger partial charge in [0.15, 0.2) is 29.4 Å². The SMILES string of the molecule is C=CC1OC(=O)[C@H](C)C(=O)[C@H](C)C(O[C@@H]2O[C@H](C)C[C@H](C(C)C)[C@H]2O)[C@](C)(OC)C[C@@H](C)C(=O)[C@@H](C)[C@@H]2N(CCCCn3cnc4ncccc43)C(=O)O[C@]12C. The third-order valence-electron chi connectivity index (χ3n) is 12.6. The molecular formula is C42H62N4O10. The number of nitrogens with zero attached hydrogens (tertiary/aromatic N) is 4. The number of fused-ring (bicyclic) bond motifs is 2. The molecule has 1 N–H and O–H groups in total. The zero-order valence-corrected chi connectivity index (χ0v) is 34.7. The van der Waals surface area contributed by atoms with Crippen LogP contribution >= 0.6 is 0 Å². The van der Waals surface area contributed by atoms with Crippen LogP contribution in [0.1, 0.15) is 88.0 Å². The van der Waals surface area contributed by atoms with Crippen molar-refractivity contribution in [2.24, 2.45) is 35.5 Å². The number of amides is 1. The molecule has 1 amide bonds. The minimum absolute atomic E-state index is 0.121. The Hall–Kier alpha value is -3.72. The number of aliphatic hydroxyl groups is 1. The van der Waals surface area contributed by atoms with E-state index < -0.39 is 83.4 Å². The van der Waals surface area contributed by atoms with Gasteiger partial charge in [-0.2, -0.15) is 0 Å². The largest absolute Gasteiger partial charge is 0.453 e. The molecular weight excluding hydrogens is 720 g/mol. The smallest absolute Gasteiger partial charge is 0.410 e. The van der Waals surface area contributed by atoms with Crippen LogP contribution in [0.3, 0.4) is 0 Å². The number of Topliss-reactive ketones (excluding diaryl/α,β-unsaturated/α-hetero) is 2. The molecule has 310 valence electrons. The standard InChI is InChI=1S/C42H62N4O10/c1-12-31-42(10)35(46(40(51)56-42)19-14-13-18-45-22-44-37-30(45)16-15-17-43-37)26(6)32(47)24(4)21-41(9,52-11)36(27(7)33(48)28(8)38(50)54-31)55-39-34(49)29(23(2)3)20-25(5)53-39/h12,15-17,22-29,31,34-36,39,49H,1,13-14,18-21H2,2-11H3/t24-,25-,26-,27+,28-,29-,31?,34-,35+,36?,39+,41-,42-/m1/s1. The fraction of sp³-hybridized carbons (Fsp3) is 0.714. The predicted molar refractivity (Wildman–Crippen MR) is 207 cm³/mol. The third kappa shape index (κ3) is 8.44. The first kappa shape index (κ1) is 43.4. The van der Waals surface area contributed by atoms with Crippen molar-refractivity contribution >= 4 is 34.8 Å². The number of imidazole rings is 1. The Labute approximate surface area is 330 Å². The summed E-state index contributed by atoms with van der Waals surface area (Å²) in [6.07, 6.45) is 1.68. The van der Waals surface area contributed by atoms with Crippen molar-refractivity contribution in [2.45, 2.75) is 142 Å². The highest BCUT2D eigenvalue weighted by Crippen LogP contribution is 2.43. The number of ketones is 2. The van der Waals surface area contributed by atoms with Crippen LogP contribution in [0.4, 0.5) is 4.79 Å². The number of carbonyl (C=O) groups excluding carboxylic acids is 4. The Bertz CT molecular complexity index is 1750. The fourth-order valence-corrected chi connectivity index (χ4v) is 9.31. The molecule has 0 aliphatic carbocycles. The van der Waals surface area contributed by atoms with Gasteiger partial charge in [-0.15, -0.1) is 0 Å². The molecule has 5 heterocycles. The Morgan fingerprint density at radius 1 is 1.04 bits per heavy atom. The molecule has 3 aliphatic rings. The predicted octanol–water partition coefficient (Wildman–Crippen LogP) is 5.53. The van der Waals surface area contributed by atoms with Gasteiger partial charge < -0.3 is 38.3 Å². The van der Waals surface area contributed by atoms with Crippen molar-refractivity contribution in [1.29, 1.82) is 0 Å². The molecule has 14 heteroatoms. The van der Waals surface area contributed by atoms with E-state index in [2.05, 4.69) is 16.5 Å². The van der Waals surface area contributed by atoms with Gasteiger partial charge in [-0.1, -0.05) is 41.2 Å². The molecule has 56 heavy (non-hydrogen) atoms. The molecule has 3 aliphatic heterocycles. The molecule has 2 aromatic rings. The summed E-state index contributed by atoms with van der Waals surface area (Å²) in [4.78, 5) is 66.8. The minimum atomic E-state index is -1.51. The minimum Gasteiger partial charge on any atom is -0.453 e. The summed E-state index contributed by atoms with van der Waals surface area (Å²) in [5.41, 5.74) is -1.22. The molecule has 0 saturated carbocycles. The van der Waals surface area contributed by atoms with Gasteiger partial charge in [0.1, 0.15) is 17.8 Å². The van der Waals surface area contributed by atoms with Gasteiger partial charge in [0.2, 0.25) is 0 Å². The van der Waals surface area contributed by atoms with Crippen molar-refractivity contribution in [2.75, 3.05) is 13.7 Å². The highest BCUT2D eigenvalue weighted by molar-refractivity contribution is 6.00. The first-order valence-electron chi connectivity index (χ1n) is 20.1. The number of hydrogen-bond acceptors (Lipinski definition) is 12. The lowest BCUT2D eigenvalue weighted by atomic mass is 9.73. The summed E-state index contributed by atoms with van der Waals surface area (Å²) in [7, 11) is 1.49. The van der Waals surface area contributed by atoms with E-state index in [-0.39, 0.29) is 36.7 Å². The van der Waals surface area contributed by atoms with Crippen molar-refractivity contribution < 1.29 is 48.0 Å². The van der Waals surface area contributed by atoms with Crippen LogP contribution < -0.4 is 0 Å². The average Bonchev–Trinajstić information content (AvgIpc) is 3.70. The maximum atomic E-state index is 14.7. The quantitative estimate of drug-likeness (QED) is 0.139. The van der Waals surface area contributed by atoms with Gasteiger partial charge in [0, 0.05) is 44.1 Å². The van der Waals surface area contributed by atoms with Crippen LogP contribution in [0, 0.1) is 35.5 Å². The van der Waals surface area contributed by atoms with Gasteiger partial charge in [-0.25, -0.2) is 14.8 Å². The number of aliphatic hydroxyl groups excluding tert-OH is 1. The number of cyclic esters (lactones) is 1. The van der Waals surface area contributed by atoms with E-state index in [1.807, 2.05) is 37.5 Å². The molecule has 2 unspecified atom stereocenters. The Morgan fingerprint density at radius 3 is 2.39 bits per heavy atom. The second-order valence-electron chi connectivity index (χ2n) is 17.0. The Morgan fingerprint density at radius 2 is 1.73 bits per heavy atom. The van der Waals surface area contributed by atoms with Crippen molar-refractivity contribution in [1.82, 2.24) is 19.4 Å². The number of pyridine rings is 1. The lowest BCUT2D eigenvalue weighted by Gasteiger charge is -2.46. The molecule has 0 spiro atoms. The Kier molecular flexibility index (Phi) is 13.5. The zero-order valence-electron chi connectivity index (χ0n) is 34.7. The monoisotopic (exact) mass is 782 g/mol. The van der Waals surface area contributed by atoms with Gasteiger partial charge >= 0.3 is 12.1 Å². The molecule has 0 aromatic carbocycles. The van der Waals surface area contributed by atoms with E-state index in [4.69, 9.17) is 23.7 Å². The number of aromatic nitrogens is 3. The summed E-state index contributed by atoms with van der Waals surface area (Å²) in [5.74, 6) is -5.15. The molecule has 0 bridgehead atoms. The molecule has 0 radical (unpaired) electrons. The summed E-state index contributed by atoms with van der Waals surface area (Å²) in [5, 5.41) is 11.5. The molecule has 13 atom stereocenters. The van der Waals surface area contributed by atoms with E-state index in [1.165, 1.54) is 20.1 Å². The van der Waals surface area contributed by atoms with Crippen LogP contribution in [0.5, 0.6) is 0 Å². The molecule has 5 rings (SSSR count). The van der Waals surface area contributed by atoms with E-state index >= 15 is 0 Å². The number of aryl methyl sites for hydroxylation is 1. The number of hydrogen-bond donors (Lipinski definition) is 1. The van der Waals surface area contributed by atoms with E-state index in [9.17, 15) is 24.3 Å². The van der Waals surface area contributed by atoms with Gasteiger partial charge in [-0.05, 0) is 83.4 Å². The number of methoxy groups -OCH3 is 1. The highest BCUT2D eigenvalue weighted by atomic mass is 16.7. The molecule has 2 aromatic heterocycles. The number of carbonyl (C=O) groups is 4. The average molecular weight is 783 g/mol. The van der Waals surface area contributed by atoms with Crippen molar-refractivity contribution in [3.63, 3.8) is 0 Å². The first-order chi connectivity index (χ1) is 26.4. The topological polar surface area (TPSA) is 169 Å². The number of unbranched alkanes of at least 4 members (excludes halogenated alkanes) is 1. The van der Waals surface area contributed by atoms with E-state index in [1.54, 1.807) is 52.0 Å². The van der Waals surface area contributed by atoms with Crippen LogP contribution in [0.25, 0.3) is 11.2 Å².